The fraction of sp³-hybridized carbons (Fsp3) is 0.500. The lowest BCUT2D eigenvalue weighted by Gasteiger charge is -2.23. The molecular formula is C14H15N5O2. The molecule has 2 rings (SSSR count). The van der Waals surface area contributed by atoms with Crippen LogP contribution in [0.4, 0.5) is 5.82 Å². The zero-order chi connectivity index (χ0) is 15.2. The number of esters is 1. The molecule has 1 aliphatic rings. The van der Waals surface area contributed by atoms with Crippen LogP contribution in [0.5, 0.6) is 0 Å². The number of nitriles is 2. The second kappa shape index (κ2) is 6.67. The molecule has 0 aromatic carbocycles. The van der Waals surface area contributed by atoms with Crippen molar-refractivity contribution in [2.45, 2.75) is 38.1 Å². The van der Waals surface area contributed by atoms with Gasteiger partial charge in [-0.05, 0) is 12.8 Å². The van der Waals surface area contributed by atoms with Crippen LogP contribution < -0.4 is 5.32 Å². The average Bonchev–Trinajstić information content (AvgIpc) is 2.54. The second-order valence-corrected chi connectivity index (χ2v) is 4.81. The summed E-state index contributed by atoms with van der Waals surface area (Å²) < 4.78 is 4.67. The Kier molecular flexibility index (Phi) is 4.68. The molecule has 0 spiro atoms. The Labute approximate surface area is 122 Å². The predicted molar refractivity (Wildman–Crippen MR) is 73.3 cm³/mol. The van der Waals surface area contributed by atoms with Crippen LogP contribution >= 0.6 is 0 Å². The summed E-state index contributed by atoms with van der Waals surface area (Å²) in [6, 6.07) is 3.78. The Morgan fingerprint density at radius 1 is 1.19 bits per heavy atom. The SMILES string of the molecule is COC(=O)c1nc(C#N)c(C#N)nc1NC1CCCCC1. The molecule has 1 aromatic rings. The Morgan fingerprint density at radius 2 is 1.81 bits per heavy atom. The summed E-state index contributed by atoms with van der Waals surface area (Å²) in [7, 11) is 1.23. The maximum Gasteiger partial charge on any atom is 0.360 e. The van der Waals surface area contributed by atoms with Gasteiger partial charge >= 0.3 is 5.97 Å². The molecule has 108 valence electrons. The van der Waals surface area contributed by atoms with Gasteiger partial charge < -0.3 is 10.1 Å². The van der Waals surface area contributed by atoms with Crippen LogP contribution in [0.2, 0.25) is 0 Å². The number of methoxy groups -OCH3 is 1. The van der Waals surface area contributed by atoms with E-state index in [0.29, 0.717) is 0 Å². The second-order valence-electron chi connectivity index (χ2n) is 4.81. The number of carbonyl (C=O) groups is 1. The van der Waals surface area contributed by atoms with E-state index >= 15 is 0 Å². The lowest BCUT2D eigenvalue weighted by atomic mass is 9.95. The van der Waals surface area contributed by atoms with E-state index in [-0.39, 0.29) is 28.9 Å². The Bertz CT molecular complexity index is 623. The summed E-state index contributed by atoms with van der Waals surface area (Å²) in [5, 5.41) is 21.1. The molecule has 1 fully saturated rings. The Balaban J connectivity index is 2.39. The van der Waals surface area contributed by atoms with Gasteiger partial charge in [-0.2, -0.15) is 10.5 Å². The van der Waals surface area contributed by atoms with E-state index < -0.39 is 5.97 Å². The van der Waals surface area contributed by atoms with Gasteiger partial charge in [-0.25, -0.2) is 14.8 Å². The molecule has 1 heterocycles. The van der Waals surface area contributed by atoms with E-state index in [1.54, 1.807) is 6.07 Å². The summed E-state index contributed by atoms with van der Waals surface area (Å²) in [6.07, 6.45) is 5.37. The van der Waals surface area contributed by atoms with Gasteiger partial charge in [0, 0.05) is 6.04 Å². The van der Waals surface area contributed by atoms with Crippen molar-refractivity contribution in [3.63, 3.8) is 0 Å². The number of carbonyl (C=O) groups excluding carboxylic acids is 1. The van der Waals surface area contributed by atoms with Crippen LogP contribution in [0, 0.1) is 22.7 Å². The van der Waals surface area contributed by atoms with E-state index in [2.05, 4.69) is 20.0 Å². The average molecular weight is 285 g/mol. The summed E-state index contributed by atoms with van der Waals surface area (Å²) in [6.45, 7) is 0. The summed E-state index contributed by atoms with van der Waals surface area (Å²) in [4.78, 5) is 19.8. The largest absolute Gasteiger partial charge is 0.464 e. The highest BCUT2D eigenvalue weighted by atomic mass is 16.5. The van der Waals surface area contributed by atoms with Crippen molar-refractivity contribution in [2.75, 3.05) is 12.4 Å². The summed E-state index contributed by atoms with van der Waals surface area (Å²) in [5.41, 5.74) is -0.325. The zero-order valence-electron chi connectivity index (χ0n) is 11.7. The third-order valence-corrected chi connectivity index (χ3v) is 3.43. The highest BCUT2D eigenvalue weighted by Crippen LogP contribution is 2.23. The molecule has 0 bridgehead atoms. The van der Waals surface area contributed by atoms with Gasteiger partial charge in [-0.15, -0.1) is 0 Å². The van der Waals surface area contributed by atoms with Crippen molar-refractivity contribution in [1.29, 1.82) is 10.5 Å². The van der Waals surface area contributed by atoms with Crippen LogP contribution in [-0.2, 0) is 4.74 Å². The minimum atomic E-state index is -0.679. The highest BCUT2D eigenvalue weighted by Gasteiger charge is 2.23. The van der Waals surface area contributed by atoms with Crippen molar-refractivity contribution in [2.24, 2.45) is 0 Å². The fourth-order valence-electron chi connectivity index (χ4n) is 2.37. The first-order chi connectivity index (χ1) is 10.2. The van der Waals surface area contributed by atoms with Gasteiger partial charge in [-0.3, -0.25) is 0 Å². The standard InChI is InChI=1S/C14H15N5O2/c1-21-14(20)12-13(17-9-5-3-2-4-6-9)19-11(8-16)10(7-15)18-12/h9H,2-6H2,1H3,(H,17,19). The van der Waals surface area contributed by atoms with Crippen molar-refractivity contribution in [3.05, 3.63) is 17.1 Å². The fourth-order valence-corrected chi connectivity index (χ4v) is 2.37. The number of rotatable bonds is 3. The van der Waals surface area contributed by atoms with Crippen LogP contribution in [-0.4, -0.2) is 29.1 Å². The van der Waals surface area contributed by atoms with E-state index in [9.17, 15) is 4.79 Å². The molecule has 0 atom stereocenters. The molecule has 7 heteroatoms. The molecule has 0 unspecified atom stereocenters. The third-order valence-electron chi connectivity index (χ3n) is 3.43. The molecule has 0 saturated heterocycles. The van der Waals surface area contributed by atoms with Crippen LogP contribution in [0.15, 0.2) is 0 Å². The number of aromatic nitrogens is 2. The van der Waals surface area contributed by atoms with Crippen molar-refractivity contribution >= 4 is 11.8 Å². The van der Waals surface area contributed by atoms with E-state index in [1.807, 2.05) is 6.07 Å². The monoisotopic (exact) mass is 285 g/mol. The zero-order valence-corrected chi connectivity index (χ0v) is 11.7. The van der Waals surface area contributed by atoms with Crippen molar-refractivity contribution in [3.8, 4) is 12.1 Å². The molecule has 0 radical (unpaired) electrons. The first-order valence-corrected chi connectivity index (χ1v) is 6.76. The molecule has 21 heavy (non-hydrogen) atoms. The number of ether oxygens (including phenoxy) is 1. The number of nitrogens with one attached hydrogen (secondary N) is 1. The van der Waals surface area contributed by atoms with E-state index in [0.717, 1.165) is 25.7 Å². The van der Waals surface area contributed by atoms with Gasteiger partial charge in [0.15, 0.2) is 22.9 Å². The number of hydrogen-bond acceptors (Lipinski definition) is 7. The number of hydrogen-bond donors (Lipinski definition) is 1. The number of nitrogens with zero attached hydrogens (tertiary/aromatic N) is 4. The summed E-state index contributed by atoms with van der Waals surface area (Å²) >= 11 is 0. The van der Waals surface area contributed by atoms with Gasteiger partial charge in [-0.1, -0.05) is 19.3 Å². The van der Waals surface area contributed by atoms with Gasteiger partial charge in [0.2, 0.25) is 0 Å². The van der Waals surface area contributed by atoms with E-state index in [4.69, 9.17) is 10.5 Å². The first-order valence-electron chi connectivity index (χ1n) is 6.76. The molecule has 0 aliphatic heterocycles. The molecular weight excluding hydrogens is 270 g/mol. The van der Waals surface area contributed by atoms with Gasteiger partial charge in [0.05, 0.1) is 7.11 Å². The third kappa shape index (κ3) is 3.26. The van der Waals surface area contributed by atoms with Crippen molar-refractivity contribution < 1.29 is 9.53 Å². The van der Waals surface area contributed by atoms with E-state index in [1.165, 1.54) is 13.5 Å². The maximum atomic E-state index is 11.8. The quantitative estimate of drug-likeness (QED) is 0.842. The number of anilines is 1. The first kappa shape index (κ1) is 14.7. The molecule has 0 amide bonds. The Hall–Kier alpha value is -2.67. The molecule has 1 aliphatic carbocycles. The summed E-state index contributed by atoms with van der Waals surface area (Å²) in [5.74, 6) is -0.467. The lowest BCUT2D eigenvalue weighted by Crippen LogP contribution is -2.25. The maximum absolute atomic E-state index is 11.8. The molecule has 7 nitrogen and oxygen atoms in total. The highest BCUT2D eigenvalue weighted by molar-refractivity contribution is 5.92. The van der Waals surface area contributed by atoms with Crippen molar-refractivity contribution in [1.82, 2.24) is 9.97 Å². The topological polar surface area (TPSA) is 112 Å². The van der Waals surface area contributed by atoms with Crippen LogP contribution in [0.1, 0.15) is 54.0 Å². The minimum Gasteiger partial charge on any atom is -0.464 e. The van der Waals surface area contributed by atoms with Gasteiger partial charge in [0.1, 0.15) is 12.1 Å². The van der Waals surface area contributed by atoms with Crippen LogP contribution in [0.25, 0.3) is 0 Å². The normalized spacial score (nSPS) is 14.8. The lowest BCUT2D eigenvalue weighted by molar-refractivity contribution is 0.0594. The van der Waals surface area contributed by atoms with Crippen LogP contribution in [0.3, 0.4) is 0 Å². The molecule has 1 N–H and O–H groups in total. The molecule has 1 saturated carbocycles. The van der Waals surface area contributed by atoms with Gasteiger partial charge in [0.25, 0.3) is 0 Å². The smallest absolute Gasteiger partial charge is 0.360 e. The molecule has 1 aromatic heterocycles. The predicted octanol–water partition coefficient (Wildman–Crippen LogP) is 1.75. The Morgan fingerprint density at radius 3 is 2.38 bits per heavy atom. The minimum absolute atomic E-state index is 0.0568.